The van der Waals surface area contributed by atoms with Crippen molar-refractivity contribution in [1.82, 2.24) is 25.8 Å². The van der Waals surface area contributed by atoms with Gasteiger partial charge in [-0.2, -0.15) is 0 Å². The van der Waals surface area contributed by atoms with Gasteiger partial charge >= 0.3 is 0 Å². The van der Waals surface area contributed by atoms with E-state index in [4.69, 9.17) is 9.90 Å². The fourth-order valence-electron chi connectivity index (χ4n) is 2.80. The zero-order chi connectivity index (χ0) is 19.6. The van der Waals surface area contributed by atoms with Crippen LogP contribution in [0.2, 0.25) is 0 Å². The predicted molar refractivity (Wildman–Crippen MR) is 101 cm³/mol. The summed E-state index contributed by atoms with van der Waals surface area (Å²) < 4.78 is 0. The molecule has 9 nitrogen and oxygen atoms in total. The molecule has 2 amide bonds. The number of amides is 2. The van der Waals surface area contributed by atoms with Crippen LogP contribution in [-0.2, 0) is 16.1 Å². The maximum absolute atomic E-state index is 12.2. The highest BCUT2D eigenvalue weighted by Crippen LogP contribution is 2.25. The molecule has 0 bridgehead atoms. The predicted octanol–water partition coefficient (Wildman–Crippen LogP) is 1.61. The van der Waals surface area contributed by atoms with Gasteiger partial charge < -0.3 is 15.7 Å². The molecule has 0 atom stereocenters. The van der Waals surface area contributed by atoms with Crippen LogP contribution in [0.3, 0.4) is 0 Å². The molecule has 2 heterocycles. The molecule has 1 saturated carbocycles. The van der Waals surface area contributed by atoms with Gasteiger partial charge in [-0.15, -0.1) is 21.5 Å². The van der Waals surface area contributed by atoms with E-state index < -0.39 is 0 Å². The topological polar surface area (TPSA) is 134 Å². The summed E-state index contributed by atoms with van der Waals surface area (Å²) in [5.74, 6) is -0.0608. The van der Waals surface area contributed by atoms with Crippen LogP contribution >= 0.6 is 22.7 Å². The Balaban J connectivity index is 0.000000817. The standard InChI is InChI=1S/C15H19N5O2S2.CH2O2/c1-9-19-20-13(24-9)6-16-14(21)10-2-4-11(5-3-10)18-15(22)12-7-23-8-17-12;2-1-3/h7-8,10-11H,2-6H2,1H3,(H,16,21)(H,18,22);1H,(H,2,3). The highest BCUT2D eigenvalue weighted by molar-refractivity contribution is 7.11. The quantitative estimate of drug-likeness (QED) is 0.636. The summed E-state index contributed by atoms with van der Waals surface area (Å²) >= 11 is 2.90. The van der Waals surface area contributed by atoms with Crippen LogP contribution in [-0.4, -0.2) is 44.6 Å². The second kappa shape index (κ2) is 10.7. The molecule has 0 aromatic carbocycles. The van der Waals surface area contributed by atoms with Crippen LogP contribution in [0.5, 0.6) is 0 Å². The first-order valence-electron chi connectivity index (χ1n) is 8.37. The van der Waals surface area contributed by atoms with E-state index in [0.29, 0.717) is 12.2 Å². The maximum Gasteiger partial charge on any atom is 0.290 e. The Morgan fingerprint density at radius 1 is 1.30 bits per heavy atom. The van der Waals surface area contributed by atoms with Crippen molar-refractivity contribution in [3.8, 4) is 0 Å². The van der Waals surface area contributed by atoms with Crippen LogP contribution < -0.4 is 10.6 Å². The molecule has 2 aromatic rings. The van der Waals surface area contributed by atoms with Crippen LogP contribution in [0, 0.1) is 12.8 Å². The van der Waals surface area contributed by atoms with E-state index in [-0.39, 0.29) is 30.2 Å². The summed E-state index contributed by atoms with van der Waals surface area (Å²) in [7, 11) is 0. The van der Waals surface area contributed by atoms with E-state index in [9.17, 15) is 9.59 Å². The molecule has 3 rings (SSSR count). The average molecular weight is 412 g/mol. The molecule has 0 unspecified atom stereocenters. The third-order valence-corrected chi connectivity index (χ3v) is 5.51. The molecule has 0 saturated heterocycles. The van der Waals surface area contributed by atoms with Gasteiger partial charge in [0, 0.05) is 17.3 Å². The van der Waals surface area contributed by atoms with Gasteiger partial charge in [0.1, 0.15) is 15.7 Å². The van der Waals surface area contributed by atoms with Crippen molar-refractivity contribution < 1.29 is 19.5 Å². The van der Waals surface area contributed by atoms with Gasteiger partial charge in [-0.3, -0.25) is 14.4 Å². The monoisotopic (exact) mass is 411 g/mol. The third-order valence-electron chi connectivity index (χ3n) is 4.08. The third kappa shape index (κ3) is 6.68. The smallest absolute Gasteiger partial charge is 0.290 e. The van der Waals surface area contributed by atoms with Crippen molar-refractivity contribution in [3.63, 3.8) is 0 Å². The summed E-state index contributed by atoms with van der Waals surface area (Å²) in [6, 6.07) is 0.120. The number of thiazole rings is 1. The lowest BCUT2D eigenvalue weighted by Crippen LogP contribution is -2.40. The van der Waals surface area contributed by atoms with E-state index in [2.05, 4.69) is 25.8 Å². The van der Waals surface area contributed by atoms with Gasteiger partial charge in [-0.1, -0.05) is 11.3 Å². The van der Waals surface area contributed by atoms with E-state index >= 15 is 0 Å². The Bertz CT molecular complexity index is 742. The Kier molecular flexibility index (Phi) is 8.27. The minimum Gasteiger partial charge on any atom is -0.483 e. The van der Waals surface area contributed by atoms with Gasteiger partial charge in [0.2, 0.25) is 5.91 Å². The largest absolute Gasteiger partial charge is 0.483 e. The van der Waals surface area contributed by atoms with Crippen molar-refractivity contribution >= 4 is 41.0 Å². The number of nitrogens with one attached hydrogen (secondary N) is 2. The molecule has 1 aliphatic carbocycles. The Labute approximate surface area is 164 Å². The zero-order valence-corrected chi connectivity index (χ0v) is 16.4. The lowest BCUT2D eigenvalue weighted by molar-refractivity contribution is -0.126. The molecular formula is C16H21N5O4S2. The molecule has 27 heavy (non-hydrogen) atoms. The molecule has 0 radical (unpaired) electrons. The minimum atomic E-state index is -0.250. The first-order valence-corrected chi connectivity index (χ1v) is 10.1. The molecule has 0 spiro atoms. The molecule has 146 valence electrons. The first-order chi connectivity index (χ1) is 13.0. The first kappa shape index (κ1) is 20.9. The van der Waals surface area contributed by atoms with Gasteiger partial charge in [-0.05, 0) is 32.6 Å². The van der Waals surface area contributed by atoms with Crippen LogP contribution in [0.1, 0.15) is 46.2 Å². The van der Waals surface area contributed by atoms with Crippen molar-refractivity contribution in [2.24, 2.45) is 5.92 Å². The number of nitrogens with zero attached hydrogens (tertiary/aromatic N) is 3. The lowest BCUT2D eigenvalue weighted by atomic mass is 9.85. The summed E-state index contributed by atoms with van der Waals surface area (Å²) in [5, 5.41) is 24.2. The van der Waals surface area contributed by atoms with Crippen molar-refractivity contribution in [2.45, 2.75) is 45.2 Å². The molecule has 2 aromatic heterocycles. The van der Waals surface area contributed by atoms with E-state index in [1.165, 1.54) is 22.7 Å². The van der Waals surface area contributed by atoms with Gasteiger partial charge in [0.05, 0.1) is 12.1 Å². The normalized spacial score (nSPS) is 18.7. The number of hydrogen-bond acceptors (Lipinski definition) is 8. The molecular weight excluding hydrogens is 390 g/mol. The number of carbonyl (C=O) groups is 3. The molecule has 3 N–H and O–H groups in total. The zero-order valence-electron chi connectivity index (χ0n) is 14.8. The second-order valence-electron chi connectivity index (χ2n) is 5.93. The van der Waals surface area contributed by atoms with Crippen molar-refractivity contribution in [2.75, 3.05) is 0 Å². The number of aryl methyl sites for hydroxylation is 1. The molecule has 1 fully saturated rings. The van der Waals surface area contributed by atoms with Gasteiger partial charge in [0.15, 0.2) is 0 Å². The number of carbonyl (C=O) groups excluding carboxylic acids is 2. The fraction of sp³-hybridized carbons (Fsp3) is 0.500. The molecule has 0 aliphatic heterocycles. The highest BCUT2D eigenvalue weighted by atomic mass is 32.1. The molecule has 11 heteroatoms. The fourth-order valence-corrected chi connectivity index (χ4v) is 3.98. The summed E-state index contributed by atoms with van der Waals surface area (Å²) in [6.45, 7) is 2.08. The SMILES string of the molecule is Cc1nnc(CNC(=O)C2CCC(NC(=O)c3cscn3)CC2)s1.O=CO. The highest BCUT2D eigenvalue weighted by Gasteiger charge is 2.27. The number of hydrogen-bond donors (Lipinski definition) is 3. The summed E-state index contributed by atoms with van der Waals surface area (Å²) in [5.41, 5.74) is 2.11. The van der Waals surface area contributed by atoms with Crippen LogP contribution in [0.4, 0.5) is 0 Å². The maximum atomic E-state index is 12.2. The number of rotatable bonds is 5. The average Bonchev–Trinajstić information content (AvgIpc) is 3.33. The van der Waals surface area contributed by atoms with E-state index in [1.54, 1.807) is 10.9 Å². The summed E-state index contributed by atoms with van der Waals surface area (Å²) in [6.07, 6.45) is 3.18. The van der Waals surface area contributed by atoms with Gasteiger partial charge in [0.25, 0.3) is 12.4 Å². The van der Waals surface area contributed by atoms with Crippen LogP contribution in [0.25, 0.3) is 0 Å². The lowest BCUT2D eigenvalue weighted by Gasteiger charge is -2.28. The number of aromatic nitrogens is 3. The summed E-state index contributed by atoms with van der Waals surface area (Å²) in [4.78, 5) is 36.6. The van der Waals surface area contributed by atoms with Gasteiger partial charge in [-0.25, -0.2) is 4.98 Å². The van der Waals surface area contributed by atoms with E-state index in [0.717, 1.165) is 35.7 Å². The Hall–Kier alpha value is -2.40. The van der Waals surface area contributed by atoms with Crippen molar-refractivity contribution in [1.29, 1.82) is 0 Å². The second-order valence-corrected chi connectivity index (χ2v) is 7.92. The Morgan fingerprint density at radius 3 is 2.56 bits per heavy atom. The minimum absolute atomic E-state index is 0.00597. The Morgan fingerprint density at radius 2 is 2.00 bits per heavy atom. The van der Waals surface area contributed by atoms with E-state index in [1.807, 2.05) is 6.92 Å². The van der Waals surface area contributed by atoms with Crippen molar-refractivity contribution in [3.05, 3.63) is 26.6 Å². The molecule has 1 aliphatic rings. The number of carboxylic acid groups (broad SMARTS) is 1. The van der Waals surface area contributed by atoms with Crippen LogP contribution in [0.15, 0.2) is 10.9 Å².